The fourth-order valence-corrected chi connectivity index (χ4v) is 1.26. The molecule has 6 heteroatoms. The first kappa shape index (κ1) is 12.0. The number of aliphatic carboxylic acids is 1. The molecule has 0 saturated heterocycles. The average Bonchev–Trinajstić information content (AvgIpc) is 2.29. The zero-order valence-corrected chi connectivity index (χ0v) is 8.60. The Bertz CT molecular complexity index is 414. The molecule has 1 atom stereocenters. The Morgan fingerprint density at radius 2 is 2.00 bits per heavy atom. The van der Waals surface area contributed by atoms with Crippen LogP contribution in [0.25, 0.3) is 0 Å². The highest BCUT2D eigenvalue weighted by atomic mass is 16.5. The van der Waals surface area contributed by atoms with Crippen LogP contribution in [-0.2, 0) is 9.53 Å². The third-order valence-corrected chi connectivity index (χ3v) is 2.06. The van der Waals surface area contributed by atoms with Crippen molar-refractivity contribution in [2.24, 2.45) is 5.11 Å². The molecule has 0 heterocycles. The highest BCUT2D eigenvalue weighted by molar-refractivity contribution is 5.96. The molecule has 0 aliphatic rings. The standard InChI is InChI=1S/C10H11N3O3/c1-16-8(10(14)15)6-2-4-7(5-3-6)9(11)13-12/h2-5,8,11-12H,1H3,(H,14,15). The van der Waals surface area contributed by atoms with Crippen molar-refractivity contribution in [3.63, 3.8) is 0 Å². The Kier molecular flexibility index (Phi) is 3.84. The summed E-state index contributed by atoms with van der Waals surface area (Å²) in [5.74, 6) is -1.24. The number of ether oxygens (including phenoxy) is 1. The first-order chi connectivity index (χ1) is 7.60. The van der Waals surface area contributed by atoms with E-state index in [0.29, 0.717) is 11.1 Å². The van der Waals surface area contributed by atoms with Crippen molar-refractivity contribution < 1.29 is 14.6 Å². The molecule has 1 aromatic carbocycles. The van der Waals surface area contributed by atoms with E-state index >= 15 is 0 Å². The van der Waals surface area contributed by atoms with E-state index in [1.54, 1.807) is 0 Å². The van der Waals surface area contributed by atoms with Gasteiger partial charge in [-0.15, -0.1) is 5.11 Å². The van der Waals surface area contributed by atoms with E-state index < -0.39 is 12.1 Å². The van der Waals surface area contributed by atoms with Gasteiger partial charge in [-0.2, -0.15) is 0 Å². The van der Waals surface area contributed by atoms with Crippen LogP contribution in [0.15, 0.2) is 29.4 Å². The number of hydrogen-bond acceptors (Lipinski definition) is 4. The lowest BCUT2D eigenvalue weighted by Gasteiger charge is -2.10. The van der Waals surface area contributed by atoms with E-state index in [1.807, 2.05) is 0 Å². The van der Waals surface area contributed by atoms with Crippen molar-refractivity contribution in [3.05, 3.63) is 35.4 Å². The summed E-state index contributed by atoms with van der Waals surface area (Å²) in [4.78, 5) is 10.8. The molecule has 0 amide bonds. The lowest BCUT2D eigenvalue weighted by molar-refractivity contribution is -0.148. The van der Waals surface area contributed by atoms with Crippen LogP contribution in [0.3, 0.4) is 0 Å². The Balaban J connectivity index is 2.97. The Morgan fingerprint density at radius 3 is 2.38 bits per heavy atom. The maximum atomic E-state index is 10.8. The van der Waals surface area contributed by atoms with Gasteiger partial charge in [0.25, 0.3) is 0 Å². The SMILES string of the molecule is COC(C(=O)O)c1ccc(C(=N)N=N)cc1. The average molecular weight is 221 g/mol. The van der Waals surface area contributed by atoms with E-state index in [2.05, 4.69) is 5.11 Å². The van der Waals surface area contributed by atoms with E-state index in [1.165, 1.54) is 31.4 Å². The number of nitrogens with one attached hydrogen (secondary N) is 2. The van der Waals surface area contributed by atoms with Crippen molar-refractivity contribution in [1.82, 2.24) is 0 Å². The summed E-state index contributed by atoms with van der Waals surface area (Å²) >= 11 is 0. The molecule has 0 aromatic heterocycles. The van der Waals surface area contributed by atoms with Gasteiger partial charge in [-0.05, 0) is 5.56 Å². The summed E-state index contributed by atoms with van der Waals surface area (Å²) in [6.45, 7) is 0. The van der Waals surface area contributed by atoms with Gasteiger partial charge in [-0.3, -0.25) is 5.41 Å². The number of amidine groups is 1. The second-order valence-electron chi connectivity index (χ2n) is 3.04. The maximum Gasteiger partial charge on any atom is 0.337 e. The normalized spacial score (nSPS) is 11.8. The number of carbonyl (C=O) groups is 1. The summed E-state index contributed by atoms with van der Waals surface area (Å²) in [5, 5.41) is 19.1. The number of hydrogen-bond donors (Lipinski definition) is 3. The molecule has 1 rings (SSSR count). The summed E-state index contributed by atoms with van der Waals surface area (Å²) < 4.78 is 4.81. The van der Waals surface area contributed by atoms with Gasteiger partial charge in [-0.1, -0.05) is 24.3 Å². The van der Waals surface area contributed by atoms with Gasteiger partial charge in [0.1, 0.15) is 0 Å². The zero-order valence-electron chi connectivity index (χ0n) is 8.60. The van der Waals surface area contributed by atoms with Gasteiger partial charge in [0.05, 0.1) is 0 Å². The molecular formula is C10H11N3O3. The highest BCUT2D eigenvalue weighted by Crippen LogP contribution is 2.17. The van der Waals surface area contributed by atoms with Gasteiger partial charge in [0, 0.05) is 12.7 Å². The quantitative estimate of drug-likeness (QED) is 0.410. The van der Waals surface area contributed by atoms with E-state index in [0.717, 1.165) is 0 Å². The second-order valence-corrected chi connectivity index (χ2v) is 3.04. The summed E-state index contributed by atoms with van der Waals surface area (Å²) in [5.41, 5.74) is 7.61. The Hall–Kier alpha value is -2.08. The molecule has 1 aromatic rings. The first-order valence-electron chi connectivity index (χ1n) is 4.42. The van der Waals surface area contributed by atoms with Gasteiger partial charge < -0.3 is 9.84 Å². The lowest BCUT2D eigenvalue weighted by Crippen LogP contribution is -2.13. The summed E-state index contributed by atoms with van der Waals surface area (Å²) in [7, 11) is 1.31. The fourth-order valence-electron chi connectivity index (χ4n) is 1.26. The minimum absolute atomic E-state index is 0.171. The van der Waals surface area contributed by atoms with Crippen LogP contribution in [-0.4, -0.2) is 24.0 Å². The fraction of sp³-hybridized carbons (Fsp3) is 0.200. The van der Waals surface area contributed by atoms with E-state index in [4.69, 9.17) is 20.8 Å². The van der Waals surface area contributed by atoms with Crippen LogP contribution >= 0.6 is 0 Å². The predicted molar refractivity (Wildman–Crippen MR) is 55.8 cm³/mol. The minimum Gasteiger partial charge on any atom is -0.479 e. The van der Waals surface area contributed by atoms with E-state index in [-0.39, 0.29) is 5.84 Å². The first-order valence-corrected chi connectivity index (χ1v) is 4.42. The number of benzene rings is 1. The Labute approximate surface area is 91.9 Å². The predicted octanol–water partition coefficient (Wildman–Crippen LogP) is 1.82. The minimum atomic E-state index is -1.07. The van der Waals surface area contributed by atoms with Crippen LogP contribution in [0.2, 0.25) is 0 Å². The Morgan fingerprint density at radius 1 is 1.44 bits per heavy atom. The molecule has 6 nitrogen and oxygen atoms in total. The molecule has 0 bridgehead atoms. The highest BCUT2D eigenvalue weighted by Gasteiger charge is 2.18. The van der Waals surface area contributed by atoms with Crippen molar-refractivity contribution in [2.75, 3.05) is 7.11 Å². The molecule has 84 valence electrons. The third kappa shape index (κ3) is 2.48. The van der Waals surface area contributed by atoms with Crippen LogP contribution in [0.1, 0.15) is 17.2 Å². The van der Waals surface area contributed by atoms with Crippen molar-refractivity contribution >= 4 is 11.8 Å². The smallest absolute Gasteiger partial charge is 0.337 e. The second kappa shape index (κ2) is 5.13. The molecular weight excluding hydrogens is 210 g/mol. The van der Waals surface area contributed by atoms with Crippen LogP contribution in [0.5, 0.6) is 0 Å². The molecule has 16 heavy (non-hydrogen) atoms. The number of carboxylic acid groups (broad SMARTS) is 1. The molecule has 1 unspecified atom stereocenters. The molecule has 0 fully saturated rings. The van der Waals surface area contributed by atoms with Gasteiger partial charge in [-0.25, -0.2) is 10.3 Å². The molecule has 0 radical (unpaired) electrons. The molecule has 3 N–H and O–H groups in total. The monoisotopic (exact) mass is 221 g/mol. The molecule has 0 aliphatic heterocycles. The maximum absolute atomic E-state index is 10.8. The van der Waals surface area contributed by atoms with E-state index in [9.17, 15) is 4.79 Å². The van der Waals surface area contributed by atoms with Crippen molar-refractivity contribution in [1.29, 1.82) is 10.9 Å². The van der Waals surface area contributed by atoms with Gasteiger partial charge in [0.2, 0.25) is 0 Å². The van der Waals surface area contributed by atoms with Crippen LogP contribution in [0, 0.1) is 10.9 Å². The topological polar surface area (TPSA) is 107 Å². The number of carboxylic acids is 1. The van der Waals surface area contributed by atoms with Crippen molar-refractivity contribution in [2.45, 2.75) is 6.10 Å². The van der Waals surface area contributed by atoms with Gasteiger partial charge >= 0.3 is 5.97 Å². The largest absolute Gasteiger partial charge is 0.479 e. The number of methoxy groups -OCH3 is 1. The zero-order chi connectivity index (χ0) is 12.1. The number of nitrogens with zero attached hydrogens (tertiary/aromatic N) is 1. The number of rotatable bonds is 4. The summed E-state index contributed by atoms with van der Waals surface area (Å²) in [6, 6.07) is 6.14. The van der Waals surface area contributed by atoms with Crippen LogP contribution < -0.4 is 0 Å². The third-order valence-electron chi connectivity index (χ3n) is 2.06. The molecule has 0 saturated carbocycles. The molecule has 0 spiro atoms. The summed E-state index contributed by atoms with van der Waals surface area (Å²) in [6.07, 6.45) is -1.02. The van der Waals surface area contributed by atoms with Crippen molar-refractivity contribution in [3.8, 4) is 0 Å². The van der Waals surface area contributed by atoms with Gasteiger partial charge in [0.15, 0.2) is 11.9 Å². The van der Waals surface area contributed by atoms with Crippen LogP contribution in [0.4, 0.5) is 0 Å². The molecule has 0 aliphatic carbocycles. The lowest BCUT2D eigenvalue weighted by atomic mass is 10.1.